The summed E-state index contributed by atoms with van der Waals surface area (Å²) >= 11 is 1.67. The Labute approximate surface area is 230 Å². The first-order valence-corrected chi connectivity index (χ1v) is 14.5. The fourth-order valence-electron chi connectivity index (χ4n) is 6.18. The van der Waals surface area contributed by atoms with E-state index in [4.69, 9.17) is 9.47 Å². The van der Waals surface area contributed by atoms with Gasteiger partial charge >= 0.3 is 0 Å². The SMILES string of the molecule is COc1ccc(/C=C2\SC3CCC(C(=O)N4CCC(Cc5ccccc5)CC4)CC3N(C)C2=O)cc1OC. The molecule has 2 amide bonds. The molecule has 0 aromatic heterocycles. The lowest BCUT2D eigenvalue weighted by Crippen LogP contribution is -2.53. The van der Waals surface area contributed by atoms with E-state index in [1.807, 2.05) is 36.2 Å². The molecule has 5 rings (SSSR count). The van der Waals surface area contributed by atoms with Crippen LogP contribution in [0.25, 0.3) is 6.08 Å². The lowest BCUT2D eigenvalue weighted by molar-refractivity contribution is -0.140. The van der Waals surface area contributed by atoms with Gasteiger partial charge in [-0.25, -0.2) is 0 Å². The highest BCUT2D eigenvalue weighted by Crippen LogP contribution is 2.44. The van der Waals surface area contributed by atoms with Crippen LogP contribution in [0.1, 0.15) is 43.2 Å². The average Bonchev–Trinajstić information content (AvgIpc) is 2.96. The van der Waals surface area contributed by atoms with Gasteiger partial charge in [-0.2, -0.15) is 0 Å². The fraction of sp³-hybridized carbons (Fsp3) is 0.484. The lowest BCUT2D eigenvalue weighted by Gasteiger charge is -2.45. The number of methoxy groups -OCH3 is 2. The highest BCUT2D eigenvalue weighted by atomic mass is 32.2. The molecule has 3 fully saturated rings. The first-order valence-electron chi connectivity index (χ1n) is 13.7. The van der Waals surface area contributed by atoms with Crippen molar-refractivity contribution in [2.24, 2.45) is 11.8 Å². The molecule has 0 spiro atoms. The quantitative estimate of drug-likeness (QED) is 0.473. The number of likely N-dealkylation sites (tertiary alicyclic amines) is 1. The van der Waals surface area contributed by atoms with Gasteiger partial charge in [0.05, 0.1) is 19.1 Å². The highest BCUT2D eigenvalue weighted by Gasteiger charge is 2.43. The van der Waals surface area contributed by atoms with Gasteiger partial charge < -0.3 is 19.3 Å². The number of piperidine rings is 1. The third kappa shape index (κ3) is 5.73. The van der Waals surface area contributed by atoms with Crippen molar-refractivity contribution in [1.29, 1.82) is 0 Å². The molecule has 3 atom stereocenters. The zero-order chi connectivity index (χ0) is 26.6. The van der Waals surface area contributed by atoms with Crippen LogP contribution < -0.4 is 9.47 Å². The van der Waals surface area contributed by atoms with E-state index in [0.29, 0.717) is 28.6 Å². The first-order chi connectivity index (χ1) is 18.5. The van der Waals surface area contributed by atoms with Gasteiger partial charge in [-0.1, -0.05) is 36.4 Å². The van der Waals surface area contributed by atoms with E-state index in [0.717, 1.165) is 62.1 Å². The second-order valence-corrected chi connectivity index (χ2v) is 12.0. The normalized spacial score (nSPS) is 25.3. The molecule has 1 aliphatic carbocycles. The van der Waals surface area contributed by atoms with Crippen molar-refractivity contribution >= 4 is 29.7 Å². The minimum absolute atomic E-state index is 0.00847. The Bertz CT molecular complexity index is 1180. The van der Waals surface area contributed by atoms with E-state index in [9.17, 15) is 9.59 Å². The van der Waals surface area contributed by atoms with Crippen LogP contribution in [0.2, 0.25) is 0 Å². The smallest absolute Gasteiger partial charge is 0.260 e. The van der Waals surface area contributed by atoms with Crippen LogP contribution in [-0.2, 0) is 16.0 Å². The zero-order valence-electron chi connectivity index (χ0n) is 22.6. The first kappa shape index (κ1) is 26.7. The molecule has 7 heteroatoms. The summed E-state index contributed by atoms with van der Waals surface area (Å²) in [7, 11) is 5.12. The molecule has 2 heterocycles. The summed E-state index contributed by atoms with van der Waals surface area (Å²) in [5.74, 6) is 2.28. The molecule has 0 bridgehead atoms. The van der Waals surface area contributed by atoms with Gasteiger partial charge in [-0.3, -0.25) is 9.59 Å². The maximum atomic E-state index is 13.5. The van der Waals surface area contributed by atoms with Crippen LogP contribution in [0, 0.1) is 11.8 Å². The van der Waals surface area contributed by atoms with Crippen LogP contribution >= 0.6 is 11.8 Å². The van der Waals surface area contributed by atoms with E-state index >= 15 is 0 Å². The van der Waals surface area contributed by atoms with Crippen molar-refractivity contribution in [3.8, 4) is 11.5 Å². The van der Waals surface area contributed by atoms with Crippen molar-refractivity contribution < 1.29 is 19.1 Å². The van der Waals surface area contributed by atoms with Crippen molar-refractivity contribution in [1.82, 2.24) is 9.80 Å². The molecule has 2 aromatic rings. The Morgan fingerprint density at radius 1 is 1.00 bits per heavy atom. The number of carbonyl (C=O) groups is 2. The van der Waals surface area contributed by atoms with Crippen LogP contribution in [0.3, 0.4) is 0 Å². The van der Waals surface area contributed by atoms with Gasteiger partial charge in [0.25, 0.3) is 5.91 Å². The molecule has 0 radical (unpaired) electrons. The number of carbonyl (C=O) groups excluding carboxylic acids is 2. The van der Waals surface area contributed by atoms with Gasteiger partial charge in [0, 0.05) is 37.3 Å². The maximum Gasteiger partial charge on any atom is 0.260 e. The van der Waals surface area contributed by atoms with Crippen molar-refractivity contribution in [3.05, 3.63) is 64.6 Å². The van der Waals surface area contributed by atoms with Crippen molar-refractivity contribution in [2.75, 3.05) is 34.4 Å². The Morgan fingerprint density at radius 3 is 2.45 bits per heavy atom. The summed E-state index contributed by atoms with van der Waals surface area (Å²) < 4.78 is 10.8. The number of rotatable bonds is 6. The number of hydrogen-bond donors (Lipinski definition) is 0. The van der Waals surface area contributed by atoms with Crippen LogP contribution in [0.5, 0.6) is 11.5 Å². The third-order valence-electron chi connectivity index (χ3n) is 8.41. The third-order valence-corrected chi connectivity index (χ3v) is 9.81. The Morgan fingerprint density at radius 2 is 1.74 bits per heavy atom. The number of amides is 2. The molecule has 6 nitrogen and oxygen atoms in total. The number of ether oxygens (including phenoxy) is 2. The fourth-order valence-corrected chi connectivity index (χ4v) is 7.66. The highest BCUT2D eigenvalue weighted by molar-refractivity contribution is 8.04. The summed E-state index contributed by atoms with van der Waals surface area (Å²) in [6.45, 7) is 1.70. The van der Waals surface area contributed by atoms with Gasteiger partial charge in [-0.15, -0.1) is 11.8 Å². The zero-order valence-corrected chi connectivity index (χ0v) is 23.4. The van der Waals surface area contributed by atoms with Gasteiger partial charge in [0.2, 0.25) is 5.91 Å². The van der Waals surface area contributed by atoms with E-state index in [1.54, 1.807) is 26.0 Å². The monoisotopic (exact) mass is 534 g/mol. The molecule has 3 unspecified atom stereocenters. The number of benzene rings is 2. The Kier molecular flexibility index (Phi) is 8.32. The molecule has 38 heavy (non-hydrogen) atoms. The van der Waals surface area contributed by atoms with Crippen molar-refractivity contribution in [3.63, 3.8) is 0 Å². The van der Waals surface area contributed by atoms with Crippen LogP contribution in [0.4, 0.5) is 0 Å². The molecular formula is C31H38N2O4S. The number of nitrogens with zero attached hydrogens (tertiary/aromatic N) is 2. The minimum atomic E-state index is 0.00847. The summed E-state index contributed by atoms with van der Waals surface area (Å²) in [4.78, 5) is 31.5. The Hall–Kier alpha value is -2.93. The summed E-state index contributed by atoms with van der Waals surface area (Å²) in [5.41, 5.74) is 2.29. The molecule has 2 saturated heterocycles. The standard InChI is InChI=1S/C31H38N2O4S/c1-32-25-20-24(30(34)33-15-13-22(14-16-33)17-21-7-5-4-6-8-21)10-12-28(25)38-29(31(32)35)19-23-9-11-26(36-2)27(18-23)37-3/h4-9,11,18-19,22,24-25,28H,10,12-17,20H2,1-3H3/b29-19-. The number of hydrogen-bond acceptors (Lipinski definition) is 5. The van der Waals surface area contributed by atoms with Gasteiger partial charge in [0.15, 0.2) is 11.5 Å². The largest absolute Gasteiger partial charge is 0.493 e. The van der Waals surface area contributed by atoms with E-state index in [-0.39, 0.29) is 17.9 Å². The van der Waals surface area contributed by atoms with Crippen LogP contribution in [-0.4, -0.2) is 67.3 Å². The average molecular weight is 535 g/mol. The summed E-state index contributed by atoms with van der Waals surface area (Å²) in [6.07, 6.45) is 7.76. The number of fused-ring (bicyclic) bond motifs is 1. The van der Waals surface area contributed by atoms with Gasteiger partial charge in [0.1, 0.15) is 0 Å². The molecule has 0 N–H and O–H groups in total. The number of likely N-dealkylation sites (N-methyl/N-ethyl adjacent to an activating group) is 1. The molecule has 3 aliphatic rings. The van der Waals surface area contributed by atoms with Gasteiger partial charge in [-0.05, 0) is 73.8 Å². The maximum absolute atomic E-state index is 13.5. The van der Waals surface area contributed by atoms with E-state index < -0.39 is 0 Å². The topological polar surface area (TPSA) is 59.1 Å². The molecule has 1 saturated carbocycles. The van der Waals surface area contributed by atoms with Crippen LogP contribution in [0.15, 0.2) is 53.4 Å². The number of thioether (sulfide) groups is 1. The Balaban J connectivity index is 1.18. The predicted octanol–water partition coefficient (Wildman–Crippen LogP) is 5.27. The molecule has 202 valence electrons. The molecule has 2 aromatic carbocycles. The lowest BCUT2D eigenvalue weighted by atomic mass is 9.82. The minimum Gasteiger partial charge on any atom is -0.493 e. The van der Waals surface area contributed by atoms with E-state index in [1.165, 1.54) is 5.56 Å². The van der Waals surface area contributed by atoms with E-state index in [2.05, 4.69) is 35.2 Å². The summed E-state index contributed by atoms with van der Waals surface area (Å²) in [5, 5.41) is 0.310. The molecular weight excluding hydrogens is 496 g/mol. The second kappa shape index (κ2) is 11.9. The second-order valence-electron chi connectivity index (χ2n) is 10.7. The van der Waals surface area contributed by atoms with Crippen molar-refractivity contribution in [2.45, 2.75) is 49.8 Å². The molecule has 2 aliphatic heterocycles. The predicted molar refractivity (Wildman–Crippen MR) is 152 cm³/mol. The summed E-state index contributed by atoms with van der Waals surface area (Å²) in [6, 6.07) is 16.4.